The number of carbonyl (C=O) groups is 1. The minimum absolute atomic E-state index is 0.130. The van der Waals surface area contributed by atoms with E-state index in [0.29, 0.717) is 6.61 Å². The molecular formula is C9H12N2O3. The molecule has 0 aliphatic carbocycles. The zero-order valence-electron chi connectivity index (χ0n) is 8.11. The van der Waals surface area contributed by atoms with Crippen LogP contribution in [-0.4, -0.2) is 22.5 Å². The van der Waals surface area contributed by atoms with Crippen molar-refractivity contribution >= 4 is 5.97 Å². The Balaban J connectivity index is 2.65. The Hall–Kier alpha value is -1.65. The van der Waals surface area contributed by atoms with Crippen LogP contribution in [0.5, 0.6) is 0 Å². The highest BCUT2D eigenvalue weighted by molar-refractivity contribution is 5.86. The second-order valence-corrected chi connectivity index (χ2v) is 3.28. The standard InChI is InChI=1S/C9H12N2O3/c1-6(2)5-14-8(12)7-3-4-10-9(13)11-7/h3-4,6H,5H2,1-2H3,(H,10,11,13). The predicted octanol–water partition coefficient (Wildman–Crippen LogP) is 0.583. The van der Waals surface area contributed by atoms with Crippen LogP contribution in [0.3, 0.4) is 0 Å². The van der Waals surface area contributed by atoms with Crippen LogP contribution in [-0.2, 0) is 4.74 Å². The van der Waals surface area contributed by atoms with E-state index in [1.165, 1.54) is 12.3 Å². The van der Waals surface area contributed by atoms with Gasteiger partial charge >= 0.3 is 11.7 Å². The lowest BCUT2D eigenvalue weighted by atomic mass is 10.2. The van der Waals surface area contributed by atoms with Crippen LogP contribution >= 0.6 is 0 Å². The number of carbonyl (C=O) groups excluding carboxylic acids is 1. The summed E-state index contributed by atoms with van der Waals surface area (Å²) in [6.45, 7) is 4.20. The minimum atomic E-state index is -0.552. The number of nitrogens with one attached hydrogen (secondary N) is 1. The number of nitrogens with zero attached hydrogens (tertiary/aromatic N) is 1. The third-order valence-electron chi connectivity index (χ3n) is 1.44. The van der Waals surface area contributed by atoms with Crippen molar-refractivity contribution in [1.82, 2.24) is 9.97 Å². The van der Waals surface area contributed by atoms with Gasteiger partial charge in [0.2, 0.25) is 0 Å². The summed E-state index contributed by atoms with van der Waals surface area (Å²) < 4.78 is 4.91. The van der Waals surface area contributed by atoms with Gasteiger partial charge in [-0.05, 0) is 12.0 Å². The largest absolute Gasteiger partial charge is 0.461 e. The highest BCUT2D eigenvalue weighted by Crippen LogP contribution is 1.97. The maximum Gasteiger partial charge on any atom is 0.354 e. The quantitative estimate of drug-likeness (QED) is 0.718. The number of ether oxygens (including phenoxy) is 1. The first-order chi connectivity index (χ1) is 6.59. The van der Waals surface area contributed by atoms with E-state index >= 15 is 0 Å². The average Bonchev–Trinajstić information content (AvgIpc) is 2.14. The molecule has 1 rings (SSSR count). The van der Waals surface area contributed by atoms with Gasteiger partial charge in [0.15, 0.2) is 0 Å². The molecule has 76 valence electrons. The summed E-state index contributed by atoms with van der Waals surface area (Å²) in [4.78, 5) is 27.7. The summed E-state index contributed by atoms with van der Waals surface area (Å²) in [6.07, 6.45) is 1.27. The Morgan fingerprint density at radius 2 is 2.36 bits per heavy atom. The van der Waals surface area contributed by atoms with Crippen LogP contribution in [0.2, 0.25) is 0 Å². The molecule has 0 unspecified atom stereocenters. The van der Waals surface area contributed by atoms with Crippen LogP contribution in [0.25, 0.3) is 0 Å². The van der Waals surface area contributed by atoms with E-state index in [2.05, 4.69) is 9.97 Å². The number of rotatable bonds is 3. The second kappa shape index (κ2) is 4.55. The van der Waals surface area contributed by atoms with Gasteiger partial charge in [-0.25, -0.2) is 14.6 Å². The number of hydrogen-bond acceptors (Lipinski definition) is 4. The molecule has 1 N–H and O–H groups in total. The number of esters is 1. The molecule has 0 fully saturated rings. The van der Waals surface area contributed by atoms with E-state index in [1.54, 1.807) is 0 Å². The lowest BCUT2D eigenvalue weighted by Gasteiger charge is -2.05. The smallest absolute Gasteiger partial charge is 0.354 e. The molecule has 0 spiro atoms. The van der Waals surface area contributed by atoms with E-state index in [1.807, 2.05) is 13.8 Å². The molecule has 0 aromatic carbocycles. The maximum atomic E-state index is 11.3. The Kier molecular flexibility index (Phi) is 3.39. The van der Waals surface area contributed by atoms with Crippen LogP contribution in [0, 0.1) is 5.92 Å². The Bertz CT molecular complexity index is 370. The van der Waals surface area contributed by atoms with E-state index in [4.69, 9.17) is 4.74 Å². The van der Waals surface area contributed by atoms with Gasteiger partial charge in [-0.15, -0.1) is 0 Å². The molecule has 0 amide bonds. The SMILES string of the molecule is CC(C)COC(=O)c1ccnc(=O)[nH]1. The minimum Gasteiger partial charge on any atom is -0.461 e. The molecule has 5 nitrogen and oxygen atoms in total. The van der Waals surface area contributed by atoms with Gasteiger partial charge in [0.05, 0.1) is 6.61 Å². The van der Waals surface area contributed by atoms with Crippen LogP contribution in [0.15, 0.2) is 17.1 Å². The summed E-state index contributed by atoms with van der Waals surface area (Å²) in [5, 5.41) is 0. The Morgan fingerprint density at radius 1 is 1.64 bits per heavy atom. The fourth-order valence-electron chi connectivity index (χ4n) is 0.808. The van der Waals surface area contributed by atoms with Crippen molar-refractivity contribution in [2.75, 3.05) is 6.61 Å². The van der Waals surface area contributed by atoms with Crippen molar-refractivity contribution in [2.24, 2.45) is 5.92 Å². The summed E-state index contributed by atoms with van der Waals surface area (Å²) >= 11 is 0. The van der Waals surface area contributed by atoms with Crippen molar-refractivity contribution in [3.05, 3.63) is 28.4 Å². The van der Waals surface area contributed by atoms with E-state index in [9.17, 15) is 9.59 Å². The number of hydrogen-bond donors (Lipinski definition) is 1. The molecule has 0 saturated carbocycles. The second-order valence-electron chi connectivity index (χ2n) is 3.28. The zero-order chi connectivity index (χ0) is 10.6. The van der Waals surface area contributed by atoms with Gasteiger partial charge < -0.3 is 4.74 Å². The van der Waals surface area contributed by atoms with Gasteiger partial charge in [0.25, 0.3) is 0 Å². The first kappa shape index (κ1) is 10.4. The summed E-state index contributed by atoms with van der Waals surface area (Å²) in [6, 6.07) is 1.41. The molecule has 0 bridgehead atoms. The van der Waals surface area contributed by atoms with Crippen LogP contribution in [0.4, 0.5) is 0 Å². The third kappa shape index (κ3) is 3.01. The summed E-state index contributed by atoms with van der Waals surface area (Å²) in [7, 11) is 0. The average molecular weight is 196 g/mol. The van der Waals surface area contributed by atoms with Gasteiger partial charge in [0, 0.05) is 6.20 Å². The molecule has 1 heterocycles. The molecule has 0 radical (unpaired) electrons. The van der Waals surface area contributed by atoms with E-state index in [-0.39, 0.29) is 11.6 Å². The lowest BCUT2D eigenvalue weighted by Crippen LogP contribution is -2.18. The van der Waals surface area contributed by atoms with Crippen LogP contribution < -0.4 is 5.69 Å². The fraction of sp³-hybridized carbons (Fsp3) is 0.444. The predicted molar refractivity (Wildman–Crippen MR) is 50.0 cm³/mol. The Morgan fingerprint density at radius 3 is 2.93 bits per heavy atom. The summed E-state index contributed by atoms with van der Waals surface area (Å²) in [5.41, 5.74) is -0.422. The molecule has 0 aliphatic heterocycles. The summed E-state index contributed by atoms with van der Waals surface area (Å²) in [5.74, 6) is -0.259. The molecule has 5 heteroatoms. The topological polar surface area (TPSA) is 72.0 Å². The Labute approximate surface area is 81.1 Å². The van der Waals surface area contributed by atoms with Crippen molar-refractivity contribution in [2.45, 2.75) is 13.8 Å². The van der Waals surface area contributed by atoms with Gasteiger partial charge in [-0.1, -0.05) is 13.8 Å². The first-order valence-electron chi connectivity index (χ1n) is 4.32. The first-order valence-corrected chi connectivity index (χ1v) is 4.32. The van der Waals surface area contributed by atoms with Crippen LogP contribution in [0.1, 0.15) is 24.3 Å². The third-order valence-corrected chi connectivity index (χ3v) is 1.44. The van der Waals surface area contributed by atoms with E-state index in [0.717, 1.165) is 0 Å². The fourth-order valence-corrected chi connectivity index (χ4v) is 0.808. The normalized spacial score (nSPS) is 10.2. The molecular weight excluding hydrogens is 184 g/mol. The monoisotopic (exact) mass is 196 g/mol. The lowest BCUT2D eigenvalue weighted by molar-refractivity contribution is 0.0451. The van der Waals surface area contributed by atoms with E-state index < -0.39 is 11.7 Å². The van der Waals surface area contributed by atoms with Crippen molar-refractivity contribution < 1.29 is 9.53 Å². The number of H-pyrrole nitrogens is 1. The highest BCUT2D eigenvalue weighted by atomic mass is 16.5. The number of aromatic nitrogens is 2. The molecule has 14 heavy (non-hydrogen) atoms. The molecule has 1 aromatic rings. The van der Waals surface area contributed by atoms with Crippen molar-refractivity contribution in [3.63, 3.8) is 0 Å². The van der Waals surface area contributed by atoms with Gasteiger partial charge in [-0.2, -0.15) is 0 Å². The highest BCUT2D eigenvalue weighted by Gasteiger charge is 2.08. The zero-order valence-corrected chi connectivity index (χ0v) is 8.11. The number of aromatic amines is 1. The molecule has 0 atom stereocenters. The van der Waals surface area contributed by atoms with Crippen molar-refractivity contribution in [3.8, 4) is 0 Å². The molecule has 0 saturated heterocycles. The van der Waals surface area contributed by atoms with Gasteiger partial charge in [-0.3, -0.25) is 4.98 Å². The van der Waals surface area contributed by atoms with Gasteiger partial charge in [0.1, 0.15) is 5.69 Å². The maximum absolute atomic E-state index is 11.3. The molecule has 0 aliphatic rings. The molecule has 1 aromatic heterocycles. The van der Waals surface area contributed by atoms with Crippen molar-refractivity contribution in [1.29, 1.82) is 0 Å².